The molecule has 3 aliphatic heterocycles. The number of carbonyl (C=O) groups is 2. The first-order chi connectivity index (χ1) is 10.7. The van der Waals surface area contributed by atoms with Gasteiger partial charge in [-0.25, -0.2) is 5.06 Å². The molecular formula is C16H27N3O3. The molecule has 124 valence electrons. The molecule has 6 nitrogen and oxygen atoms in total. The molecule has 0 aromatic heterocycles. The lowest BCUT2D eigenvalue weighted by molar-refractivity contribution is -0.200. The number of hydrogen-bond donors (Lipinski definition) is 0. The molecule has 2 unspecified atom stereocenters. The number of likely N-dealkylation sites (tertiary alicyclic amines) is 2. The Morgan fingerprint density at radius 2 is 2.14 bits per heavy atom. The standard InChI is InChI=1S/C16H27N3O3/c1-2-17-7-5-6-14(17)12-18-11-13(10-15(18)20)16(21)19-8-3-4-9-22-19/h13-14H,2-12H2,1H3. The van der Waals surface area contributed by atoms with Gasteiger partial charge in [0.25, 0.3) is 5.91 Å². The highest BCUT2D eigenvalue weighted by molar-refractivity contribution is 5.88. The molecule has 0 radical (unpaired) electrons. The van der Waals surface area contributed by atoms with Crippen molar-refractivity contribution < 1.29 is 14.4 Å². The lowest BCUT2D eigenvalue weighted by Crippen LogP contribution is -2.43. The van der Waals surface area contributed by atoms with Crippen molar-refractivity contribution in [2.75, 3.05) is 39.3 Å². The minimum absolute atomic E-state index is 0.00526. The van der Waals surface area contributed by atoms with Crippen LogP contribution in [-0.4, -0.2) is 72.0 Å². The molecule has 3 aliphatic rings. The van der Waals surface area contributed by atoms with E-state index in [1.807, 2.05) is 4.90 Å². The number of carbonyl (C=O) groups excluding carboxylic acids is 2. The van der Waals surface area contributed by atoms with Gasteiger partial charge in [0.1, 0.15) is 0 Å². The molecule has 0 N–H and O–H groups in total. The Bertz CT molecular complexity index is 423. The Labute approximate surface area is 132 Å². The molecule has 0 saturated carbocycles. The molecule has 0 aromatic rings. The Morgan fingerprint density at radius 3 is 2.86 bits per heavy atom. The van der Waals surface area contributed by atoms with E-state index < -0.39 is 0 Å². The molecule has 2 atom stereocenters. The summed E-state index contributed by atoms with van der Waals surface area (Å²) < 4.78 is 0. The Kier molecular flexibility index (Phi) is 4.98. The van der Waals surface area contributed by atoms with E-state index in [0.717, 1.165) is 38.9 Å². The maximum Gasteiger partial charge on any atom is 0.251 e. The van der Waals surface area contributed by atoms with Crippen LogP contribution in [0.25, 0.3) is 0 Å². The zero-order valence-electron chi connectivity index (χ0n) is 13.5. The SMILES string of the molecule is CCN1CCCC1CN1CC(C(=O)N2CCCCO2)CC1=O. The summed E-state index contributed by atoms with van der Waals surface area (Å²) in [6.45, 7) is 6.95. The monoisotopic (exact) mass is 309 g/mol. The summed E-state index contributed by atoms with van der Waals surface area (Å²) in [5.41, 5.74) is 0. The zero-order valence-corrected chi connectivity index (χ0v) is 13.5. The molecular weight excluding hydrogens is 282 g/mol. The van der Waals surface area contributed by atoms with E-state index >= 15 is 0 Å². The van der Waals surface area contributed by atoms with Gasteiger partial charge in [0.15, 0.2) is 0 Å². The largest absolute Gasteiger partial charge is 0.340 e. The van der Waals surface area contributed by atoms with Gasteiger partial charge in [0.2, 0.25) is 5.91 Å². The first-order valence-corrected chi connectivity index (χ1v) is 8.65. The van der Waals surface area contributed by atoms with E-state index in [2.05, 4.69) is 11.8 Å². The molecule has 0 aromatic carbocycles. The molecule has 2 amide bonds. The second-order valence-corrected chi connectivity index (χ2v) is 6.61. The molecule has 3 saturated heterocycles. The number of amides is 2. The number of likely N-dealkylation sites (N-methyl/N-ethyl adjacent to an activating group) is 1. The normalized spacial score (nSPS) is 30.3. The smallest absolute Gasteiger partial charge is 0.251 e. The van der Waals surface area contributed by atoms with E-state index in [-0.39, 0.29) is 17.7 Å². The Hall–Kier alpha value is -1.14. The Balaban J connectivity index is 1.55. The van der Waals surface area contributed by atoms with Crippen LogP contribution in [0.5, 0.6) is 0 Å². The van der Waals surface area contributed by atoms with Crippen molar-refractivity contribution in [3.8, 4) is 0 Å². The van der Waals surface area contributed by atoms with Gasteiger partial charge in [0, 0.05) is 32.1 Å². The highest BCUT2D eigenvalue weighted by Crippen LogP contribution is 2.25. The van der Waals surface area contributed by atoms with Gasteiger partial charge in [-0.1, -0.05) is 6.92 Å². The van der Waals surface area contributed by atoms with Gasteiger partial charge in [-0.05, 0) is 38.8 Å². The highest BCUT2D eigenvalue weighted by atomic mass is 16.7. The summed E-state index contributed by atoms with van der Waals surface area (Å²) >= 11 is 0. The minimum Gasteiger partial charge on any atom is -0.340 e. The third-order valence-electron chi connectivity index (χ3n) is 5.15. The van der Waals surface area contributed by atoms with Crippen LogP contribution in [0.15, 0.2) is 0 Å². The zero-order chi connectivity index (χ0) is 15.5. The fourth-order valence-corrected chi connectivity index (χ4v) is 3.86. The van der Waals surface area contributed by atoms with Crippen molar-refractivity contribution in [1.29, 1.82) is 0 Å². The Morgan fingerprint density at radius 1 is 1.27 bits per heavy atom. The lowest BCUT2D eigenvalue weighted by atomic mass is 10.1. The van der Waals surface area contributed by atoms with Crippen LogP contribution in [0, 0.1) is 5.92 Å². The average Bonchev–Trinajstić information content (AvgIpc) is 3.15. The summed E-state index contributed by atoms with van der Waals surface area (Å²) in [6, 6.07) is 0.467. The summed E-state index contributed by atoms with van der Waals surface area (Å²) in [5, 5.41) is 1.48. The summed E-state index contributed by atoms with van der Waals surface area (Å²) in [5.74, 6) is -0.102. The maximum atomic E-state index is 12.5. The predicted molar refractivity (Wildman–Crippen MR) is 81.9 cm³/mol. The quantitative estimate of drug-likeness (QED) is 0.773. The van der Waals surface area contributed by atoms with Crippen LogP contribution in [0.2, 0.25) is 0 Å². The van der Waals surface area contributed by atoms with Crippen LogP contribution < -0.4 is 0 Å². The highest BCUT2D eigenvalue weighted by Gasteiger charge is 2.39. The summed E-state index contributed by atoms with van der Waals surface area (Å²) in [7, 11) is 0. The molecule has 22 heavy (non-hydrogen) atoms. The van der Waals surface area contributed by atoms with Gasteiger partial charge < -0.3 is 4.90 Å². The number of rotatable bonds is 4. The van der Waals surface area contributed by atoms with Crippen LogP contribution in [-0.2, 0) is 14.4 Å². The second kappa shape index (κ2) is 6.96. The van der Waals surface area contributed by atoms with E-state index in [1.165, 1.54) is 11.5 Å². The third kappa shape index (κ3) is 3.27. The molecule has 3 rings (SSSR count). The lowest BCUT2D eigenvalue weighted by Gasteiger charge is -2.29. The van der Waals surface area contributed by atoms with Crippen molar-refractivity contribution in [3.05, 3.63) is 0 Å². The van der Waals surface area contributed by atoms with Gasteiger partial charge in [-0.3, -0.25) is 19.3 Å². The number of nitrogens with zero attached hydrogens (tertiary/aromatic N) is 3. The van der Waals surface area contributed by atoms with Crippen LogP contribution in [0.1, 0.15) is 39.0 Å². The van der Waals surface area contributed by atoms with Crippen LogP contribution in [0.3, 0.4) is 0 Å². The molecule has 3 heterocycles. The van der Waals surface area contributed by atoms with Gasteiger partial charge >= 0.3 is 0 Å². The van der Waals surface area contributed by atoms with Crippen LogP contribution in [0.4, 0.5) is 0 Å². The van der Waals surface area contributed by atoms with Crippen LogP contribution >= 0.6 is 0 Å². The third-order valence-corrected chi connectivity index (χ3v) is 5.15. The van der Waals surface area contributed by atoms with Gasteiger partial charge in [-0.2, -0.15) is 0 Å². The first-order valence-electron chi connectivity index (χ1n) is 8.65. The fraction of sp³-hybridized carbons (Fsp3) is 0.875. The average molecular weight is 309 g/mol. The van der Waals surface area contributed by atoms with E-state index in [1.54, 1.807) is 0 Å². The maximum absolute atomic E-state index is 12.5. The van der Waals surface area contributed by atoms with Crippen molar-refractivity contribution in [2.24, 2.45) is 5.92 Å². The van der Waals surface area contributed by atoms with Gasteiger partial charge in [-0.15, -0.1) is 0 Å². The predicted octanol–water partition coefficient (Wildman–Crippen LogP) is 0.873. The van der Waals surface area contributed by atoms with E-state index in [4.69, 9.17) is 4.84 Å². The number of hydroxylamine groups is 2. The van der Waals surface area contributed by atoms with Gasteiger partial charge in [0.05, 0.1) is 12.5 Å². The summed E-state index contributed by atoms with van der Waals surface area (Å²) in [4.78, 5) is 34.5. The molecule has 3 fully saturated rings. The fourth-order valence-electron chi connectivity index (χ4n) is 3.86. The van der Waals surface area contributed by atoms with Crippen molar-refractivity contribution in [1.82, 2.24) is 14.9 Å². The molecule has 0 aliphatic carbocycles. The van der Waals surface area contributed by atoms with Crippen molar-refractivity contribution >= 4 is 11.8 Å². The van der Waals surface area contributed by atoms with Crippen molar-refractivity contribution in [3.63, 3.8) is 0 Å². The molecule has 0 bridgehead atoms. The number of hydrogen-bond acceptors (Lipinski definition) is 4. The second-order valence-electron chi connectivity index (χ2n) is 6.61. The topological polar surface area (TPSA) is 53.1 Å². The van der Waals surface area contributed by atoms with Crippen molar-refractivity contribution in [2.45, 2.75) is 45.1 Å². The van der Waals surface area contributed by atoms with E-state index in [9.17, 15) is 9.59 Å². The summed E-state index contributed by atoms with van der Waals surface area (Å²) in [6.07, 6.45) is 4.71. The minimum atomic E-state index is -0.220. The van der Waals surface area contributed by atoms with E-state index in [0.29, 0.717) is 32.2 Å². The molecule has 0 spiro atoms. The molecule has 6 heteroatoms. The first kappa shape index (κ1) is 15.7.